The molecule has 0 fully saturated rings. The number of amides is 2. The van der Waals surface area contributed by atoms with Gasteiger partial charge < -0.3 is 19.7 Å². The number of thioether (sulfide) groups is 1. The van der Waals surface area contributed by atoms with Crippen molar-refractivity contribution in [3.05, 3.63) is 42.5 Å². The Morgan fingerprint density at radius 1 is 1.15 bits per heavy atom. The molecule has 0 unspecified atom stereocenters. The topological polar surface area (TPSA) is 67.9 Å². The van der Waals surface area contributed by atoms with Crippen LogP contribution in [0, 0.1) is 0 Å². The molecule has 0 atom stereocenters. The number of rotatable bonds is 5. The maximum atomic E-state index is 12.5. The standard InChI is InChI=1S/C19H20N2O4S/c1-24-15-8-7-13(11-16(15)25-2)20-18(22)12-21-14-5-3-4-6-17(14)26-10-9-19(21)23/h3-8,11H,9-10,12H2,1-2H3,(H,20,22). The van der Waals surface area contributed by atoms with Gasteiger partial charge in [-0.05, 0) is 24.3 Å². The summed E-state index contributed by atoms with van der Waals surface area (Å²) in [5.41, 5.74) is 1.36. The van der Waals surface area contributed by atoms with Crippen molar-refractivity contribution in [1.82, 2.24) is 0 Å². The minimum Gasteiger partial charge on any atom is -0.493 e. The number of hydrogen-bond acceptors (Lipinski definition) is 5. The Morgan fingerprint density at radius 3 is 2.69 bits per heavy atom. The van der Waals surface area contributed by atoms with Gasteiger partial charge >= 0.3 is 0 Å². The molecular formula is C19H20N2O4S. The third-order valence-corrected chi connectivity index (χ3v) is 5.06. The lowest BCUT2D eigenvalue weighted by atomic mass is 10.2. The van der Waals surface area contributed by atoms with Crippen LogP contribution in [0.25, 0.3) is 0 Å². The first kappa shape index (κ1) is 18.1. The van der Waals surface area contributed by atoms with Gasteiger partial charge in [-0.25, -0.2) is 0 Å². The lowest BCUT2D eigenvalue weighted by Gasteiger charge is -2.22. The third-order valence-electron chi connectivity index (χ3n) is 4.00. The van der Waals surface area contributed by atoms with Crippen LogP contribution in [0.4, 0.5) is 11.4 Å². The Morgan fingerprint density at radius 2 is 1.92 bits per heavy atom. The lowest BCUT2D eigenvalue weighted by molar-refractivity contribution is -0.121. The minimum atomic E-state index is -0.271. The monoisotopic (exact) mass is 372 g/mol. The quantitative estimate of drug-likeness (QED) is 0.873. The van der Waals surface area contributed by atoms with Crippen molar-refractivity contribution in [2.45, 2.75) is 11.3 Å². The van der Waals surface area contributed by atoms with Gasteiger partial charge in [0, 0.05) is 28.8 Å². The molecule has 0 aliphatic carbocycles. The number of ether oxygens (including phenoxy) is 2. The number of carbonyl (C=O) groups is 2. The van der Waals surface area contributed by atoms with Gasteiger partial charge in [0.25, 0.3) is 0 Å². The summed E-state index contributed by atoms with van der Waals surface area (Å²) in [5.74, 6) is 1.50. The smallest absolute Gasteiger partial charge is 0.244 e. The number of para-hydroxylation sites is 1. The van der Waals surface area contributed by atoms with E-state index in [1.165, 1.54) is 7.11 Å². The molecule has 1 aliphatic heterocycles. The molecule has 3 rings (SSSR count). The van der Waals surface area contributed by atoms with E-state index >= 15 is 0 Å². The van der Waals surface area contributed by atoms with Crippen LogP contribution in [0.1, 0.15) is 6.42 Å². The van der Waals surface area contributed by atoms with E-state index in [0.29, 0.717) is 29.4 Å². The summed E-state index contributed by atoms with van der Waals surface area (Å²) in [6.07, 6.45) is 0.406. The number of benzene rings is 2. The zero-order valence-electron chi connectivity index (χ0n) is 14.7. The highest BCUT2D eigenvalue weighted by molar-refractivity contribution is 7.99. The molecule has 1 aliphatic rings. The predicted molar refractivity (Wildman–Crippen MR) is 102 cm³/mol. The Bertz CT molecular complexity index is 825. The average molecular weight is 372 g/mol. The van der Waals surface area contributed by atoms with Crippen molar-refractivity contribution in [2.75, 3.05) is 36.7 Å². The Balaban J connectivity index is 1.76. The fourth-order valence-electron chi connectivity index (χ4n) is 2.75. The summed E-state index contributed by atoms with van der Waals surface area (Å²) in [5, 5.41) is 2.81. The number of hydrogen-bond donors (Lipinski definition) is 1. The molecule has 2 aromatic rings. The average Bonchev–Trinajstić information content (AvgIpc) is 2.81. The number of methoxy groups -OCH3 is 2. The molecule has 136 valence electrons. The molecule has 0 radical (unpaired) electrons. The highest BCUT2D eigenvalue weighted by Gasteiger charge is 2.24. The van der Waals surface area contributed by atoms with E-state index in [-0.39, 0.29) is 18.4 Å². The SMILES string of the molecule is COc1ccc(NC(=O)CN2C(=O)CCSc3ccccc32)cc1OC. The van der Waals surface area contributed by atoms with Crippen LogP contribution in [-0.2, 0) is 9.59 Å². The van der Waals surface area contributed by atoms with E-state index in [4.69, 9.17) is 9.47 Å². The second-order valence-corrected chi connectivity index (χ2v) is 6.80. The summed E-state index contributed by atoms with van der Waals surface area (Å²) in [6, 6.07) is 12.8. The van der Waals surface area contributed by atoms with Crippen molar-refractivity contribution >= 4 is 35.0 Å². The van der Waals surface area contributed by atoms with Crippen LogP contribution >= 0.6 is 11.8 Å². The highest BCUT2D eigenvalue weighted by atomic mass is 32.2. The van der Waals surface area contributed by atoms with Crippen molar-refractivity contribution < 1.29 is 19.1 Å². The molecule has 2 aromatic carbocycles. The van der Waals surface area contributed by atoms with Crippen molar-refractivity contribution in [1.29, 1.82) is 0 Å². The number of fused-ring (bicyclic) bond motifs is 1. The van der Waals surface area contributed by atoms with Gasteiger partial charge in [0.05, 0.1) is 19.9 Å². The zero-order chi connectivity index (χ0) is 18.5. The molecular weight excluding hydrogens is 352 g/mol. The Hall–Kier alpha value is -2.67. The largest absolute Gasteiger partial charge is 0.493 e. The van der Waals surface area contributed by atoms with Gasteiger partial charge in [-0.1, -0.05) is 12.1 Å². The summed E-state index contributed by atoms with van der Waals surface area (Å²) in [6.45, 7) is -0.0370. The van der Waals surface area contributed by atoms with Crippen LogP contribution in [-0.4, -0.2) is 38.3 Å². The third kappa shape index (κ3) is 3.94. The molecule has 1 N–H and O–H groups in total. The van der Waals surface area contributed by atoms with E-state index in [2.05, 4.69) is 5.32 Å². The molecule has 0 saturated carbocycles. The van der Waals surface area contributed by atoms with E-state index < -0.39 is 0 Å². The second kappa shape index (κ2) is 8.14. The van der Waals surface area contributed by atoms with Crippen molar-refractivity contribution in [3.8, 4) is 11.5 Å². The van der Waals surface area contributed by atoms with Gasteiger partial charge in [0.1, 0.15) is 6.54 Å². The maximum Gasteiger partial charge on any atom is 0.244 e. The number of nitrogens with zero attached hydrogens (tertiary/aromatic N) is 1. The summed E-state index contributed by atoms with van der Waals surface area (Å²) < 4.78 is 10.4. The molecule has 7 heteroatoms. The van der Waals surface area contributed by atoms with Crippen LogP contribution in [0.2, 0.25) is 0 Å². The van der Waals surface area contributed by atoms with Gasteiger partial charge in [-0.2, -0.15) is 0 Å². The van der Waals surface area contributed by atoms with E-state index in [1.54, 1.807) is 42.0 Å². The van der Waals surface area contributed by atoms with Gasteiger partial charge in [-0.15, -0.1) is 11.8 Å². The van der Waals surface area contributed by atoms with Gasteiger partial charge in [0.15, 0.2) is 11.5 Å². The molecule has 1 heterocycles. The fourth-order valence-corrected chi connectivity index (χ4v) is 3.75. The molecule has 26 heavy (non-hydrogen) atoms. The van der Waals surface area contributed by atoms with Gasteiger partial charge in [-0.3, -0.25) is 9.59 Å². The molecule has 0 bridgehead atoms. The molecule has 2 amide bonds. The van der Waals surface area contributed by atoms with E-state index in [9.17, 15) is 9.59 Å². The van der Waals surface area contributed by atoms with E-state index in [1.807, 2.05) is 24.3 Å². The first-order valence-electron chi connectivity index (χ1n) is 8.16. The lowest BCUT2D eigenvalue weighted by Crippen LogP contribution is -2.37. The highest BCUT2D eigenvalue weighted by Crippen LogP contribution is 2.34. The number of nitrogens with one attached hydrogen (secondary N) is 1. The summed E-state index contributed by atoms with van der Waals surface area (Å²) in [7, 11) is 3.09. The second-order valence-electron chi connectivity index (χ2n) is 5.66. The van der Waals surface area contributed by atoms with E-state index in [0.717, 1.165) is 10.6 Å². The Labute approximate surface area is 156 Å². The van der Waals surface area contributed by atoms with Crippen LogP contribution in [0.5, 0.6) is 11.5 Å². The number of carbonyl (C=O) groups excluding carboxylic acids is 2. The fraction of sp³-hybridized carbons (Fsp3) is 0.263. The maximum absolute atomic E-state index is 12.5. The summed E-state index contributed by atoms with van der Waals surface area (Å²) in [4.78, 5) is 27.5. The van der Waals surface area contributed by atoms with Crippen LogP contribution in [0.3, 0.4) is 0 Å². The Kier molecular flexibility index (Phi) is 5.68. The van der Waals surface area contributed by atoms with Crippen LogP contribution in [0.15, 0.2) is 47.4 Å². The molecule has 6 nitrogen and oxygen atoms in total. The molecule has 0 spiro atoms. The first-order chi connectivity index (χ1) is 12.6. The first-order valence-corrected chi connectivity index (χ1v) is 9.15. The zero-order valence-corrected chi connectivity index (χ0v) is 15.5. The number of anilines is 2. The van der Waals surface area contributed by atoms with Crippen molar-refractivity contribution in [3.63, 3.8) is 0 Å². The summed E-state index contributed by atoms with van der Waals surface area (Å²) >= 11 is 1.63. The normalized spacial score (nSPS) is 13.6. The van der Waals surface area contributed by atoms with Crippen molar-refractivity contribution in [2.24, 2.45) is 0 Å². The predicted octanol–water partition coefficient (Wildman–Crippen LogP) is 3.17. The van der Waals surface area contributed by atoms with Gasteiger partial charge in [0.2, 0.25) is 11.8 Å². The molecule has 0 saturated heterocycles. The van der Waals surface area contributed by atoms with Crippen LogP contribution < -0.4 is 19.7 Å². The minimum absolute atomic E-state index is 0.0370. The molecule has 0 aromatic heterocycles.